The largest absolute Gasteiger partial charge is 0.338 e. The summed E-state index contributed by atoms with van der Waals surface area (Å²) in [4.78, 5) is 23.8. The van der Waals surface area contributed by atoms with E-state index in [-0.39, 0.29) is 11.8 Å². The van der Waals surface area contributed by atoms with Gasteiger partial charge in [-0.2, -0.15) is 5.26 Å². The molecule has 6 nitrogen and oxygen atoms in total. The minimum Gasteiger partial charge on any atom is -0.338 e. The van der Waals surface area contributed by atoms with Gasteiger partial charge in [0.1, 0.15) is 5.82 Å². The number of nitriles is 1. The molecule has 6 heteroatoms. The van der Waals surface area contributed by atoms with E-state index < -0.39 is 0 Å². The molecule has 3 heterocycles. The Hall–Kier alpha value is -3.46. The first kappa shape index (κ1) is 17.9. The standard InChI is InChI=1S/C22H21N5O/c23-14-17-6-1-2-9-20(17)22(28)27-12-5-7-18(15-27)21-25-11-13-26(21)16-19-8-3-4-10-24-19/h1-4,6,8-11,13,18H,5,7,12,15-16H2/t18-/m0/s1. The first-order valence-corrected chi connectivity index (χ1v) is 9.45. The van der Waals surface area contributed by atoms with Crippen molar-refractivity contribution in [1.29, 1.82) is 5.26 Å². The van der Waals surface area contributed by atoms with Crippen molar-refractivity contribution in [2.24, 2.45) is 0 Å². The molecule has 0 unspecified atom stereocenters. The summed E-state index contributed by atoms with van der Waals surface area (Å²) in [6, 6.07) is 15.0. The Balaban J connectivity index is 1.53. The van der Waals surface area contributed by atoms with E-state index in [2.05, 4.69) is 20.6 Å². The average molecular weight is 371 g/mol. The molecule has 3 aromatic rings. The lowest BCUT2D eigenvalue weighted by Crippen LogP contribution is -2.40. The zero-order valence-electron chi connectivity index (χ0n) is 15.5. The Morgan fingerprint density at radius 2 is 2.00 bits per heavy atom. The molecular weight excluding hydrogens is 350 g/mol. The van der Waals surface area contributed by atoms with Crippen molar-refractivity contribution >= 4 is 5.91 Å². The highest BCUT2D eigenvalue weighted by atomic mass is 16.2. The van der Waals surface area contributed by atoms with E-state index in [1.165, 1.54) is 0 Å². The van der Waals surface area contributed by atoms with Crippen molar-refractivity contribution in [1.82, 2.24) is 19.4 Å². The Bertz CT molecular complexity index is 1010. The molecule has 140 valence electrons. The quantitative estimate of drug-likeness (QED) is 0.706. The molecule has 4 rings (SSSR count). The highest BCUT2D eigenvalue weighted by Crippen LogP contribution is 2.27. The lowest BCUT2D eigenvalue weighted by atomic mass is 9.96. The van der Waals surface area contributed by atoms with Crippen molar-refractivity contribution in [2.45, 2.75) is 25.3 Å². The Kier molecular flexibility index (Phi) is 5.16. The fourth-order valence-electron chi connectivity index (χ4n) is 3.79. The minimum absolute atomic E-state index is 0.0790. The molecule has 0 N–H and O–H groups in total. The topological polar surface area (TPSA) is 74.8 Å². The number of piperidine rings is 1. The van der Waals surface area contributed by atoms with Crippen LogP contribution in [0.15, 0.2) is 61.1 Å². The van der Waals surface area contributed by atoms with Crippen molar-refractivity contribution in [3.05, 3.63) is 83.7 Å². The van der Waals surface area contributed by atoms with E-state index in [4.69, 9.17) is 0 Å². The number of amides is 1. The first-order valence-electron chi connectivity index (χ1n) is 9.45. The summed E-state index contributed by atoms with van der Waals surface area (Å²) >= 11 is 0. The molecule has 0 bridgehead atoms. The number of likely N-dealkylation sites (tertiary alicyclic amines) is 1. The van der Waals surface area contributed by atoms with E-state index in [1.807, 2.05) is 35.5 Å². The number of hydrogen-bond donors (Lipinski definition) is 0. The second kappa shape index (κ2) is 8.05. The summed E-state index contributed by atoms with van der Waals surface area (Å²) in [5, 5.41) is 9.30. The maximum Gasteiger partial charge on any atom is 0.255 e. The van der Waals surface area contributed by atoms with Gasteiger partial charge >= 0.3 is 0 Å². The molecule has 1 amide bonds. The number of aromatic nitrogens is 3. The fourth-order valence-corrected chi connectivity index (χ4v) is 3.79. The van der Waals surface area contributed by atoms with E-state index >= 15 is 0 Å². The van der Waals surface area contributed by atoms with Gasteiger partial charge in [0.15, 0.2) is 0 Å². The average Bonchev–Trinajstić information content (AvgIpc) is 3.22. The summed E-state index contributed by atoms with van der Waals surface area (Å²) in [6.07, 6.45) is 7.48. The van der Waals surface area contributed by atoms with E-state index in [0.717, 1.165) is 24.4 Å². The summed E-state index contributed by atoms with van der Waals surface area (Å²) in [5.74, 6) is 1.08. The third-order valence-corrected chi connectivity index (χ3v) is 5.16. The van der Waals surface area contributed by atoms with Crippen LogP contribution in [-0.2, 0) is 6.54 Å². The number of pyridine rings is 1. The van der Waals surface area contributed by atoms with Gasteiger partial charge in [0.05, 0.1) is 29.4 Å². The third-order valence-electron chi connectivity index (χ3n) is 5.16. The van der Waals surface area contributed by atoms with Crippen LogP contribution in [0.3, 0.4) is 0 Å². The Morgan fingerprint density at radius 3 is 2.82 bits per heavy atom. The molecule has 1 aromatic carbocycles. The van der Waals surface area contributed by atoms with Crippen LogP contribution in [0, 0.1) is 11.3 Å². The first-order chi connectivity index (χ1) is 13.8. The number of carbonyl (C=O) groups excluding carboxylic acids is 1. The van der Waals surface area contributed by atoms with Crippen molar-refractivity contribution in [3.8, 4) is 6.07 Å². The molecular formula is C22H21N5O. The predicted octanol–water partition coefficient (Wildman–Crippen LogP) is 3.22. The zero-order chi connectivity index (χ0) is 19.3. The molecule has 1 aliphatic heterocycles. The number of nitrogens with zero attached hydrogens (tertiary/aromatic N) is 5. The van der Waals surface area contributed by atoms with Crippen LogP contribution in [0.2, 0.25) is 0 Å². The van der Waals surface area contributed by atoms with E-state index in [9.17, 15) is 10.1 Å². The molecule has 2 aromatic heterocycles. The molecule has 28 heavy (non-hydrogen) atoms. The number of hydrogen-bond acceptors (Lipinski definition) is 4. The van der Waals surface area contributed by atoms with Crippen LogP contribution in [0.5, 0.6) is 0 Å². The van der Waals surface area contributed by atoms with Crippen molar-refractivity contribution in [2.75, 3.05) is 13.1 Å². The lowest BCUT2D eigenvalue weighted by Gasteiger charge is -2.33. The number of carbonyl (C=O) groups is 1. The van der Waals surface area contributed by atoms with Gasteiger partial charge in [-0.1, -0.05) is 18.2 Å². The normalized spacial score (nSPS) is 16.5. The van der Waals surface area contributed by atoms with Crippen molar-refractivity contribution in [3.63, 3.8) is 0 Å². The molecule has 1 saturated heterocycles. The van der Waals surface area contributed by atoms with Gasteiger partial charge in [-0.3, -0.25) is 9.78 Å². The number of imidazole rings is 1. The molecule has 0 saturated carbocycles. The SMILES string of the molecule is N#Cc1ccccc1C(=O)N1CCC[C@H](c2nccn2Cc2ccccn2)C1. The summed E-state index contributed by atoms with van der Waals surface area (Å²) in [6.45, 7) is 1.98. The lowest BCUT2D eigenvalue weighted by molar-refractivity contribution is 0.0703. The van der Waals surface area contributed by atoms with Gasteiger partial charge in [-0.05, 0) is 37.1 Å². The Labute approximate surface area is 164 Å². The van der Waals surface area contributed by atoms with Gasteiger partial charge in [-0.15, -0.1) is 0 Å². The van der Waals surface area contributed by atoms with Crippen LogP contribution in [-0.4, -0.2) is 38.4 Å². The maximum atomic E-state index is 13.0. The van der Waals surface area contributed by atoms with E-state index in [0.29, 0.717) is 30.8 Å². The molecule has 1 fully saturated rings. The summed E-state index contributed by atoms with van der Waals surface area (Å²) in [5.41, 5.74) is 1.88. The van der Waals surface area contributed by atoms with Crippen molar-refractivity contribution < 1.29 is 4.79 Å². The third kappa shape index (κ3) is 3.65. The zero-order valence-corrected chi connectivity index (χ0v) is 15.5. The summed E-state index contributed by atoms with van der Waals surface area (Å²) in [7, 11) is 0. The van der Waals surface area contributed by atoms with Crippen LogP contribution in [0.1, 0.15) is 46.2 Å². The monoisotopic (exact) mass is 371 g/mol. The van der Waals surface area contributed by atoms with Gasteiger partial charge in [-0.25, -0.2) is 4.98 Å². The molecule has 1 atom stereocenters. The van der Waals surface area contributed by atoms with Gasteiger partial charge in [0.2, 0.25) is 0 Å². The fraction of sp³-hybridized carbons (Fsp3) is 0.273. The van der Waals surface area contributed by atoms with Crippen LogP contribution >= 0.6 is 0 Å². The molecule has 0 aliphatic carbocycles. The highest BCUT2D eigenvalue weighted by molar-refractivity contribution is 5.96. The van der Waals surface area contributed by atoms with Crippen LogP contribution < -0.4 is 0 Å². The number of rotatable bonds is 4. The maximum absolute atomic E-state index is 13.0. The van der Waals surface area contributed by atoms with Gasteiger partial charge in [0.25, 0.3) is 5.91 Å². The molecule has 0 spiro atoms. The highest BCUT2D eigenvalue weighted by Gasteiger charge is 2.29. The van der Waals surface area contributed by atoms with E-state index in [1.54, 1.807) is 30.5 Å². The second-order valence-electron chi connectivity index (χ2n) is 6.98. The smallest absolute Gasteiger partial charge is 0.255 e. The Morgan fingerprint density at radius 1 is 1.14 bits per heavy atom. The predicted molar refractivity (Wildman–Crippen MR) is 105 cm³/mol. The van der Waals surface area contributed by atoms with Crippen LogP contribution in [0.4, 0.5) is 0 Å². The minimum atomic E-state index is -0.0790. The van der Waals surface area contributed by atoms with Gasteiger partial charge < -0.3 is 9.47 Å². The summed E-state index contributed by atoms with van der Waals surface area (Å²) < 4.78 is 2.12. The van der Waals surface area contributed by atoms with Gasteiger partial charge in [0, 0.05) is 37.6 Å². The number of benzene rings is 1. The molecule has 1 aliphatic rings. The second-order valence-corrected chi connectivity index (χ2v) is 6.98. The van der Waals surface area contributed by atoms with Crippen LogP contribution in [0.25, 0.3) is 0 Å². The molecule has 0 radical (unpaired) electrons.